The smallest absolute Gasteiger partial charge is 0.234 e. The molecule has 0 unspecified atom stereocenters. The summed E-state index contributed by atoms with van der Waals surface area (Å²) < 4.78 is 30.9. The zero-order valence-corrected chi connectivity index (χ0v) is 18.1. The SMILES string of the molecule is CCOc1cc(N2CCOCC2)c(OCC)cc1NC(=O)CSc1ccccc1F. The molecule has 0 spiro atoms. The van der Waals surface area contributed by atoms with E-state index in [0.29, 0.717) is 48.5 Å². The zero-order chi connectivity index (χ0) is 21.3. The molecule has 1 aliphatic heterocycles. The lowest BCUT2D eigenvalue weighted by atomic mass is 10.2. The summed E-state index contributed by atoms with van der Waals surface area (Å²) in [5.74, 6) is 0.762. The molecule has 3 rings (SSSR count). The highest BCUT2D eigenvalue weighted by Gasteiger charge is 2.20. The van der Waals surface area contributed by atoms with E-state index in [9.17, 15) is 9.18 Å². The van der Waals surface area contributed by atoms with Crippen LogP contribution in [0.1, 0.15) is 13.8 Å². The van der Waals surface area contributed by atoms with Crippen LogP contribution in [0.3, 0.4) is 0 Å². The van der Waals surface area contributed by atoms with E-state index >= 15 is 0 Å². The van der Waals surface area contributed by atoms with E-state index in [4.69, 9.17) is 14.2 Å². The number of nitrogens with zero attached hydrogens (tertiary/aromatic N) is 1. The fourth-order valence-corrected chi connectivity index (χ4v) is 3.88. The average Bonchev–Trinajstić information content (AvgIpc) is 2.76. The third-order valence-corrected chi connectivity index (χ3v) is 5.53. The van der Waals surface area contributed by atoms with Crippen LogP contribution < -0.4 is 19.7 Å². The van der Waals surface area contributed by atoms with Crippen LogP contribution in [-0.4, -0.2) is 51.2 Å². The molecular formula is C22H27FN2O4S. The fraction of sp³-hybridized carbons (Fsp3) is 0.409. The minimum Gasteiger partial charge on any atom is -0.492 e. The molecule has 1 amide bonds. The Morgan fingerprint density at radius 3 is 2.53 bits per heavy atom. The molecule has 2 aromatic carbocycles. The number of halogens is 1. The number of carbonyl (C=O) groups is 1. The van der Waals surface area contributed by atoms with Crippen molar-refractivity contribution in [2.75, 3.05) is 55.5 Å². The van der Waals surface area contributed by atoms with Gasteiger partial charge in [0.2, 0.25) is 5.91 Å². The zero-order valence-electron chi connectivity index (χ0n) is 17.3. The van der Waals surface area contributed by atoms with Gasteiger partial charge in [-0.15, -0.1) is 11.8 Å². The Hall–Kier alpha value is -2.45. The first-order valence-electron chi connectivity index (χ1n) is 10.1. The predicted octanol–water partition coefficient (Wildman–Crippen LogP) is 4.19. The lowest BCUT2D eigenvalue weighted by molar-refractivity contribution is -0.113. The number of amides is 1. The van der Waals surface area contributed by atoms with E-state index in [1.807, 2.05) is 19.9 Å². The van der Waals surface area contributed by atoms with Crippen molar-refractivity contribution in [3.05, 3.63) is 42.2 Å². The molecule has 30 heavy (non-hydrogen) atoms. The van der Waals surface area contributed by atoms with Crippen molar-refractivity contribution in [1.29, 1.82) is 0 Å². The number of anilines is 2. The minimum atomic E-state index is -0.334. The third kappa shape index (κ3) is 5.79. The van der Waals surface area contributed by atoms with Crippen molar-refractivity contribution >= 4 is 29.0 Å². The van der Waals surface area contributed by atoms with Gasteiger partial charge in [0.05, 0.1) is 43.6 Å². The monoisotopic (exact) mass is 434 g/mol. The molecule has 8 heteroatoms. The first-order valence-corrected chi connectivity index (χ1v) is 11.0. The van der Waals surface area contributed by atoms with Crippen LogP contribution in [0.2, 0.25) is 0 Å². The Morgan fingerprint density at radius 2 is 1.83 bits per heavy atom. The van der Waals surface area contributed by atoms with E-state index in [2.05, 4.69) is 10.2 Å². The minimum absolute atomic E-state index is 0.0850. The highest BCUT2D eigenvalue weighted by atomic mass is 32.2. The molecule has 1 fully saturated rings. The van der Waals surface area contributed by atoms with Gasteiger partial charge in [-0.05, 0) is 26.0 Å². The topological polar surface area (TPSA) is 60.0 Å². The number of hydrogen-bond donors (Lipinski definition) is 1. The van der Waals surface area contributed by atoms with Gasteiger partial charge in [-0.3, -0.25) is 4.79 Å². The predicted molar refractivity (Wildman–Crippen MR) is 118 cm³/mol. The number of ether oxygens (including phenoxy) is 3. The molecule has 0 aliphatic carbocycles. The van der Waals surface area contributed by atoms with E-state index in [1.165, 1.54) is 6.07 Å². The fourth-order valence-electron chi connectivity index (χ4n) is 3.14. The summed E-state index contributed by atoms with van der Waals surface area (Å²) >= 11 is 1.15. The largest absolute Gasteiger partial charge is 0.492 e. The number of carbonyl (C=O) groups excluding carboxylic acids is 1. The van der Waals surface area contributed by atoms with Crippen LogP contribution >= 0.6 is 11.8 Å². The maximum atomic E-state index is 13.8. The standard InChI is InChI=1S/C22H27FN2O4S/c1-3-28-19-14-18(25-9-11-27-12-10-25)20(29-4-2)13-17(19)24-22(26)15-30-21-8-6-5-7-16(21)23/h5-8,13-14H,3-4,9-12,15H2,1-2H3,(H,24,26). The number of benzene rings is 2. The molecule has 0 saturated carbocycles. The van der Waals surface area contributed by atoms with Crippen LogP contribution in [0, 0.1) is 5.82 Å². The van der Waals surface area contributed by atoms with Crippen molar-refractivity contribution in [2.24, 2.45) is 0 Å². The third-order valence-electron chi connectivity index (χ3n) is 4.48. The first-order chi connectivity index (χ1) is 14.6. The summed E-state index contributed by atoms with van der Waals surface area (Å²) in [4.78, 5) is 15.2. The van der Waals surface area contributed by atoms with Crippen molar-refractivity contribution < 1.29 is 23.4 Å². The molecule has 1 saturated heterocycles. The van der Waals surface area contributed by atoms with E-state index in [0.717, 1.165) is 30.5 Å². The maximum Gasteiger partial charge on any atom is 0.234 e. The van der Waals surface area contributed by atoms with Gasteiger partial charge in [-0.1, -0.05) is 12.1 Å². The lowest BCUT2D eigenvalue weighted by Gasteiger charge is -2.31. The summed E-state index contributed by atoms with van der Waals surface area (Å²) in [6.45, 7) is 7.61. The van der Waals surface area contributed by atoms with Gasteiger partial charge in [0.25, 0.3) is 0 Å². The number of hydrogen-bond acceptors (Lipinski definition) is 6. The van der Waals surface area contributed by atoms with E-state index in [-0.39, 0.29) is 17.5 Å². The molecule has 1 heterocycles. The van der Waals surface area contributed by atoms with Crippen LogP contribution in [0.5, 0.6) is 11.5 Å². The Kier molecular flexibility index (Phi) is 8.21. The summed E-state index contributed by atoms with van der Waals surface area (Å²) in [5.41, 5.74) is 1.46. The Morgan fingerprint density at radius 1 is 1.13 bits per heavy atom. The van der Waals surface area contributed by atoms with Crippen molar-refractivity contribution in [3.8, 4) is 11.5 Å². The second kappa shape index (κ2) is 11.1. The molecular weight excluding hydrogens is 407 g/mol. The molecule has 162 valence electrons. The molecule has 1 aliphatic rings. The molecule has 6 nitrogen and oxygen atoms in total. The number of rotatable bonds is 9. The quantitative estimate of drug-likeness (QED) is 0.597. The molecule has 0 bridgehead atoms. The van der Waals surface area contributed by atoms with Gasteiger partial charge in [0, 0.05) is 30.1 Å². The molecule has 0 aromatic heterocycles. The Bertz CT molecular complexity index is 859. The summed E-state index contributed by atoms with van der Waals surface area (Å²) in [7, 11) is 0. The number of nitrogens with one attached hydrogen (secondary N) is 1. The van der Waals surface area contributed by atoms with Gasteiger partial charge < -0.3 is 24.4 Å². The molecule has 1 N–H and O–H groups in total. The average molecular weight is 435 g/mol. The molecule has 0 atom stereocenters. The number of thioether (sulfide) groups is 1. The first kappa shape index (κ1) is 22.2. The second-order valence-electron chi connectivity index (χ2n) is 6.55. The van der Waals surface area contributed by atoms with Crippen molar-refractivity contribution in [1.82, 2.24) is 0 Å². The van der Waals surface area contributed by atoms with Crippen LogP contribution in [0.4, 0.5) is 15.8 Å². The van der Waals surface area contributed by atoms with Gasteiger partial charge in [-0.2, -0.15) is 0 Å². The van der Waals surface area contributed by atoms with Crippen molar-refractivity contribution in [3.63, 3.8) is 0 Å². The van der Waals surface area contributed by atoms with Gasteiger partial charge in [0.15, 0.2) is 0 Å². The van der Waals surface area contributed by atoms with E-state index < -0.39 is 0 Å². The van der Waals surface area contributed by atoms with Crippen molar-refractivity contribution in [2.45, 2.75) is 18.7 Å². The van der Waals surface area contributed by atoms with Gasteiger partial charge >= 0.3 is 0 Å². The molecule has 2 aromatic rings. The second-order valence-corrected chi connectivity index (χ2v) is 7.57. The molecule has 0 radical (unpaired) electrons. The normalized spacial score (nSPS) is 13.8. The maximum absolute atomic E-state index is 13.8. The van der Waals surface area contributed by atoms with Crippen LogP contribution in [0.15, 0.2) is 41.3 Å². The van der Waals surface area contributed by atoms with E-state index in [1.54, 1.807) is 24.3 Å². The number of morpholine rings is 1. The van der Waals surface area contributed by atoms with Crippen LogP contribution in [0.25, 0.3) is 0 Å². The van der Waals surface area contributed by atoms with Crippen LogP contribution in [-0.2, 0) is 9.53 Å². The Balaban J connectivity index is 1.78. The van der Waals surface area contributed by atoms with Gasteiger partial charge in [-0.25, -0.2) is 4.39 Å². The highest BCUT2D eigenvalue weighted by molar-refractivity contribution is 8.00. The highest BCUT2D eigenvalue weighted by Crippen LogP contribution is 2.39. The summed E-state index contributed by atoms with van der Waals surface area (Å²) in [6.07, 6.45) is 0. The Labute approximate surface area is 180 Å². The summed E-state index contributed by atoms with van der Waals surface area (Å²) in [6, 6.07) is 10.1. The lowest BCUT2D eigenvalue weighted by Crippen LogP contribution is -2.36. The summed E-state index contributed by atoms with van der Waals surface area (Å²) in [5, 5.41) is 2.88. The van der Waals surface area contributed by atoms with Gasteiger partial charge in [0.1, 0.15) is 17.3 Å².